The third kappa shape index (κ3) is 3.93. The van der Waals surface area contributed by atoms with Gasteiger partial charge >= 0.3 is 0 Å². The van der Waals surface area contributed by atoms with Crippen LogP contribution in [0.4, 0.5) is 0 Å². The molecule has 0 N–H and O–H groups in total. The van der Waals surface area contributed by atoms with Crippen molar-refractivity contribution in [2.75, 3.05) is 0 Å². The second-order valence-corrected chi connectivity index (χ2v) is 7.15. The van der Waals surface area contributed by atoms with Crippen molar-refractivity contribution < 1.29 is 4.84 Å². The number of rotatable bonds is 5. The van der Waals surface area contributed by atoms with Gasteiger partial charge in [0.1, 0.15) is 6.61 Å². The van der Waals surface area contributed by atoms with E-state index in [-0.39, 0.29) is 5.56 Å². The topological polar surface area (TPSA) is 44.1 Å². The van der Waals surface area contributed by atoms with Crippen molar-refractivity contribution in [2.24, 2.45) is 0 Å². The number of pyridine rings is 2. The van der Waals surface area contributed by atoms with Gasteiger partial charge in [0.15, 0.2) is 5.65 Å². The Hall–Kier alpha value is -2.92. The van der Waals surface area contributed by atoms with Crippen LogP contribution in [-0.4, -0.2) is 9.71 Å². The minimum Gasteiger partial charge on any atom is -0.404 e. The van der Waals surface area contributed by atoms with Crippen LogP contribution in [0.5, 0.6) is 0 Å². The Morgan fingerprint density at radius 1 is 0.926 bits per heavy atom. The third-order valence-electron chi connectivity index (χ3n) is 4.33. The molecule has 2 aromatic carbocycles. The molecule has 0 aliphatic heterocycles. The predicted octanol–water partition coefficient (Wildman–Crippen LogP) is 4.38. The van der Waals surface area contributed by atoms with Crippen LogP contribution in [0, 0.1) is 0 Å². The third-order valence-corrected chi connectivity index (χ3v) is 4.86. The highest BCUT2D eigenvalue weighted by Crippen LogP contribution is 2.19. The van der Waals surface area contributed by atoms with Crippen molar-refractivity contribution in [1.82, 2.24) is 9.71 Å². The van der Waals surface area contributed by atoms with E-state index in [4.69, 9.17) is 4.84 Å². The molecule has 134 valence electrons. The molecule has 0 unspecified atom stereocenters. The standard InChI is InChI=1S/C22H17BrN2O2/c23-19-10-8-16(9-11-19)13-18-14-21(26)25(22-20(18)7-4-12-24-22)27-15-17-5-2-1-3-6-17/h1-12,14H,13,15H2. The lowest BCUT2D eigenvalue weighted by molar-refractivity contribution is 0.0979. The van der Waals surface area contributed by atoms with Crippen LogP contribution >= 0.6 is 15.9 Å². The van der Waals surface area contributed by atoms with Crippen molar-refractivity contribution >= 4 is 27.0 Å². The summed E-state index contributed by atoms with van der Waals surface area (Å²) >= 11 is 3.45. The van der Waals surface area contributed by atoms with E-state index >= 15 is 0 Å². The number of nitrogens with zero attached hydrogens (tertiary/aromatic N) is 2. The monoisotopic (exact) mass is 420 g/mol. The Bertz CT molecular complexity index is 1120. The molecule has 4 aromatic rings. The van der Waals surface area contributed by atoms with Gasteiger partial charge in [-0.1, -0.05) is 58.4 Å². The van der Waals surface area contributed by atoms with Gasteiger partial charge in [-0.05, 0) is 47.4 Å². The highest BCUT2D eigenvalue weighted by molar-refractivity contribution is 9.10. The van der Waals surface area contributed by atoms with Crippen LogP contribution in [0.1, 0.15) is 16.7 Å². The van der Waals surface area contributed by atoms with Crippen LogP contribution in [0.2, 0.25) is 0 Å². The molecule has 0 aliphatic carbocycles. The summed E-state index contributed by atoms with van der Waals surface area (Å²) in [5.41, 5.74) is 3.38. The maximum absolute atomic E-state index is 12.7. The maximum atomic E-state index is 12.7. The Morgan fingerprint density at radius 3 is 2.48 bits per heavy atom. The fourth-order valence-electron chi connectivity index (χ4n) is 3.01. The van der Waals surface area contributed by atoms with Gasteiger partial charge in [0.05, 0.1) is 0 Å². The van der Waals surface area contributed by atoms with Crippen molar-refractivity contribution in [1.29, 1.82) is 0 Å². The van der Waals surface area contributed by atoms with E-state index in [0.717, 1.165) is 26.5 Å². The van der Waals surface area contributed by atoms with Gasteiger partial charge in [0.25, 0.3) is 5.56 Å². The average Bonchev–Trinajstić information content (AvgIpc) is 2.70. The summed E-state index contributed by atoms with van der Waals surface area (Å²) in [6.45, 7) is 0.304. The fraction of sp³-hybridized carbons (Fsp3) is 0.0909. The first kappa shape index (κ1) is 17.5. The summed E-state index contributed by atoms with van der Waals surface area (Å²) in [6.07, 6.45) is 2.33. The van der Waals surface area contributed by atoms with Gasteiger partial charge in [-0.2, -0.15) is 0 Å². The molecule has 2 aromatic heterocycles. The number of halogens is 1. The van der Waals surface area contributed by atoms with E-state index in [2.05, 4.69) is 20.9 Å². The molecular formula is C22H17BrN2O2. The lowest BCUT2D eigenvalue weighted by Crippen LogP contribution is -2.28. The first-order valence-electron chi connectivity index (χ1n) is 8.62. The molecule has 0 saturated carbocycles. The Kier molecular flexibility index (Phi) is 5.03. The molecule has 5 heteroatoms. The Balaban J connectivity index is 1.71. The molecule has 0 atom stereocenters. The smallest absolute Gasteiger partial charge is 0.285 e. The highest BCUT2D eigenvalue weighted by atomic mass is 79.9. The SMILES string of the molecule is O=c1cc(Cc2ccc(Br)cc2)c2cccnc2n1OCc1ccccc1. The molecule has 0 saturated heterocycles. The number of aromatic nitrogens is 2. The summed E-state index contributed by atoms with van der Waals surface area (Å²) in [6, 6.07) is 23.3. The number of hydrogen-bond donors (Lipinski definition) is 0. The number of benzene rings is 2. The number of fused-ring (bicyclic) bond motifs is 1. The number of hydrogen-bond acceptors (Lipinski definition) is 3. The van der Waals surface area contributed by atoms with E-state index in [1.54, 1.807) is 12.3 Å². The minimum absolute atomic E-state index is 0.218. The summed E-state index contributed by atoms with van der Waals surface area (Å²) in [4.78, 5) is 22.9. The normalized spacial score (nSPS) is 10.9. The van der Waals surface area contributed by atoms with E-state index < -0.39 is 0 Å². The largest absolute Gasteiger partial charge is 0.404 e. The average molecular weight is 421 g/mol. The van der Waals surface area contributed by atoms with E-state index in [9.17, 15) is 4.79 Å². The first-order chi connectivity index (χ1) is 13.2. The second-order valence-electron chi connectivity index (χ2n) is 6.24. The van der Waals surface area contributed by atoms with Crippen molar-refractivity contribution in [3.63, 3.8) is 0 Å². The highest BCUT2D eigenvalue weighted by Gasteiger charge is 2.11. The predicted molar refractivity (Wildman–Crippen MR) is 110 cm³/mol. The lowest BCUT2D eigenvalue weighted by Gasteiger charge is -2.13. The molecule has 2 heterocycles. The van der Waals surface area contributed by atoms with Gasteiger partial charge in [-0.15, -0.1) is 4.73 Å². The van der Waals surface area contributed by atoms with Crippen LogP contribution in [0.25, 0.3) is 11.0 Å². The molecule has 27 heavy (non-hydrogen) atoms. The van der Waals surface area contributed by atoms with Crippen LogP contribution < -0.4 is 10.4 Å². The molecule has 0 fully saturated rings. The quantitative estimate of drug-likeness (QED) is 0.481. The van der Waals surface area contributed by atoms with E-state index in [1.165, 1.54) is 4.73 Å². The lowest BCUT2D eigenvalue weighted by atomic mass is 10.0. The van der Waals surface area contributed by atoms with Gasteiger partial charge in [0, 0.05) is 22.1 Å². The second kappa shape index (κ2) is 7.76. The molecule has 4 rings (SSSR count). The van der Waals surface area contributed by atoms with Gasteiger partial charge in [-0.25, -0.2) is 4.98 Å². The molecule has 0 aliphatic rings. The Morgan fingerprint density at radius 2 is 1.70 bits per heavy atom. The zero-order chi connectivity index (χ0) is 18.6. The van der Waals surface area contributed by atoms with Crippen LogP contribution in [-0.2, 0) is 13.0 Å². The Labute approximate surface area is 165 Å². The van der Waals surface area contributed by atoms with Crippen molar-refractivity contribution in [2.45, 2.75) is 13.0 Å². The van der Waals surface area contributed by atoms with Gasteiger partial charge in [0.2, 0.25) is 0 Å². The van der Waals surface area contributed by atoms with E-state index in [0.29, 0.717) is 18.7 Å². The molecule has 0 radical (unpaired) electrons. The van der Waals surface area contributed by atoms with Crippen LogP contribution in [0.3, 0.4) is 0 Å². The van der Waals surface area contributed by atoms with E-state index in [1.807, 2.05) is 66.7 Å². The summed E-state index contributed by atoms with van der Waals surface area (Å²) in [7, 11) is 0. The molecule has 4 nitrogen and oxygen atoms in total. The molecular weight excluding hydrogens is 404 g/mol. The molecule has 0 spiro atoms. The zero-order valence-corrected chi connectivity index (χ0v) is 16.1. The molecule has 0 bridgehead atoms. The molecule has 0 amide bonds. The minimum atomic E-state index is -0.218. The van der Waals surface area contributed by atoms with Gasteiger partial charge in [-0.3, -0.25) is 4.79 Å². The van der Waals surface area contributed by atoms with Gasteiger partial charge < -0.3 is 4.84 Å². The van der Waals surface area contributed by atoms with Crippen molar-refractivity contribution in [3.05, 3.63) is 111 Å². The fourth-order valence-corrected chi connectivity index (χ4v) is 3.27. The van der Waals surface area contributed by atoms with Crippen LogP contribution in [0.15, 0.2) is 88.3 Å². The summed E-state index contributed by atoms with van der Waals surface area (Å²) in [5.74, 6) is 0. The first-order valence-corrected chi connectivity index (χ1v) is 9.41. The summed E-state index contributed by atoms with van der Waals surface area (Å²) in [5, 5.41) is 0.910. The summed E-state index contributed by atoms with van der Waals surface area (Å²) < 4.78 is 2.32. The van der Waals surface area contributed by atoms with Crippen molar-refractivity contribution in [3.8, 4) is 0 Å². The zero-order valence-electron chi connectivity index (χ0n) is 14.5. The maximum Gasteiger partial charge on any atom is 0.285 e.